The predicted octanol–water partition coefficient (Wildman–Crippen LogP) is 3.25. The fourth-order valence-corrected chi connectivity index (χ4v) is 3.23. The number of nitriles is 1. The lowest BCUT2D eigenvalue weighted by molar-refractivity contribution is 0.517. The van der Waals surface area contributed by atoms with E-state index in [4.69, 9.17) is 5.73 Å². The van der Waals surface area contributed by atoms with E-state index < -0.39 is 0 Å². The van der Waals surface area contributed by atoms with E-state index in [-0.39, 0.29) is 0 Å². The van der Waals surface area contributed by atoms with Crippen molar-refractivity contribution in [2.45, 2.75) is 25.3 Å². The summed E-state index contributed by atoms with van der Waals surface area (Å²) >= 11 is 0. The molecule has 0 saturated heterocycles. The van der Waals surface area contributed by atoms with Crippen LogP contribution < -0.4 is 11.1 Å². The number of fused-ring (bicyclic) bond motifs is 1. The van der Waals surface area contributed by atoms with Crippen molar-refractivity contribution in [2.75, 3.05) is 11.9 Å². The molecule has 3 N–H and O–H groups in total. The van der Waals surface area contributed by atoms with E-state index in [0.29, 0.717) is 12.0 Å². The molecule has 3 nitrogen and oxygen atoms in total. The number of nitrogens with one attached hydrogen (secondary N) is 1. The van der Waals surface area contributed by atoms with Crippen LogP contribution in [-0.4, -0.2) is 12.6 Å². The van der Waals surface area contributed by atoms with Crippen molar-refractivity contribution in [3.05, 3.63) is 42.0 Å². The van der Waals surface area contributed by atoms with Gasteiger partial charge in [0, 0.05) is 22.5 Å². The molecule has 0 amide bonds. The summed E-state index contributed by atoms with van der Waals surface area (Å²) in [6.45, 7) is 0.742. The van der Waals surface area contributed by atoms with E-state index in [1.807, 2.05) is 30.3 Å². The highest BCUT2D eigenvalue weighted by molar-refractivity contribution is 5.97. The SMILES string of the molecule is N#Cc1ccc(NC2CCCC2CN)c2ccccc12. The first-order valence-electron chi connectivity index (χ1n) is 7.22. The second-order valence-corrected chi connectivity index (χ2v) is 5.50. The van der Waals surface area contributed by atoms with Gasteiger partial charge < -0.3 is 11.1 Å². The van der Waals surface area contributed by atoms with Gasteiger partial charge in [-0.1, -0.05) is 30.7 Å². The molecule has 1 aliphatic rings. The lowest BCUT2D eigenvalue weighted by Gasteiger charge is -2.22. The number of nitrogens with zero attached hydrogens (tertiary/aromatic N) is 1. The van der Waals surface area contributed by atoms with Gasteiger partial charge in [-0.15, -0.1) is 0 Å². The zero-order chi connectivity index (χ0) is 13.9. The Balaban J connectivity index is 1.98. The van der Waals surface area contributed by atoms with Crippen molar-refractivity contribution in [3.8, 4) is 6.07 Å². The number of nitrogens with two attached hydrogens (primary N) is 1. The molecule has 2 atom stereocenters. The van der Waals surface area contributed by atoms with Crippen LogP contribution in [0, 0.1) is 17.2 Å². The van der Waals surface area contributed by atoms with E-state index in [0.717, 1.165) is 28.6 Å². The van der Waals surface area contributed by atoms with Crippen LogP contribution in [0.5, 0.6) is 0 Å². The average Bonchev–Trinajstić information content (AvgIpc) is 2.95. The quantitative estimate of drug-likeness (QED) is 0.895. The summed E-state index contributed by atoms with van der Waals surface area (Å²) in [4.78, 5) is 0. The molecule has 0 aromatic heterocycles. The Hall–Kier alpha value is -2.05. The molecule has 0 aliphatic heterocycles. The van der Waals surface area contributed by atoms with Crippen molar-refractivity contribution in [1.82, 2.24) is 0 Å². The van der Waals surface area contributed by atoms with Gasteiger partial charge in [-0.3, -0.25) is 0 Å². The number of hydrogen-bond donors (Lipinski definition) is 2. The van der Waals surface area contributed by atoms with Gasteiger partial charge in [0.1, 0.15) is 0 Å². The van der Waals surface area contributed by atoms with Crippen LogP contribution >= 0.6 is 0 Å². The van der Waals surface area contributed by atoms with Crippen LogP contribution in [0.1, 0.15) is 24.8 Å². The maximum Gasteiger partial charge on any atom is 0.0998 e. The highest BCUT2D eigenvalue weighted by atomic mass is 14.9. The van der Waals surface area contributed by atoms with Gasteiger partial charge in [0.05, 0.1) is 11.6 Å². The summed E-state index contributed by atoms with van der Waals surface area (Å²) < 4.78 is 0. The second kappa shape index (κ2) is 5.52. The molecule has 0 heterocycles. The van der Waals surface area contributed by atoms with Crippen LogP contribution in [0.2, 0.25) is 0 Å². The molecule has 20 heavy (non-hydrogen) atoms. The molecule has 1 aliphatic carbocycles. The molecule has 0 bridgehead atoms. The summed E-state index contributed by atoms with van der Waals surface area (Å²) in [6, 6.07) is 14.7. The fourth-order valence-electron chi connectivity index (χ4n) is 3.23. The van der Waals surface area contributed by atoms with Crippen molar-refractivity contribution < 1.29 is 0 Å². The van der Waals surface area contributed by atoms with Crippen LogP contribution in [0.15, 0.2) is 36.4 Å². The molecule has 1 saturated carbocycles. The van der Waals surface area contributed by atoms with E-state index in [9.17, 15) is 5.26 Å². The van der Waals surface area contributed by atoms with Crippen LogP contribution in [0.4, 0.5) is 5.69 Å². The van der Waals surface area contributed by atoms with E-state index in [1.165, 1.54) is 19.3 Å². The summed E-state index contributed by atoms with van der Waals surface area (Å²) in [5.41, 5.74) is 7.70. The Morgan fingerprint density at radius 2 is 1.95 bits per heavy atom. The van der Waals surface area contributed by atoms with Crippen molar-refractivity contribution >= 4 is 16.5 Å². The lowest BCUT2D eigenvalue weighted by atomic mass is 10.0. The third-order valence-corrected chi connectivity index (χ3v) is 4.35. The van der Waals surface area contributed by atoms with Crippen molar-refractivity contribution in [2.24, 2.45) is 11.7 Å². The third kappa shape index (κ3) is 2.23. The van der Waals surface area contributed by atoms with Gasteiger partial charge in [0.2, 0.25) is 0 Å². The first-order chi connectivity index (χ1) is 9.83. The minimum atomic E-state index is 0.455. The largest absolute Gasteiger partial charge is 0.381 e. The van der Waals surface area contributed by atoms with E-state index in [1.54, 1.807) is 0 Å². The molecule has 2 aromatic rings. The second-order valence-electron chi connectivity index (χ2n) is 5.50. The first-order valence-corrected chi connectivity index (χ1v) is 7.22. The van der Waals surface area contributed by atoms with Crippen molar-refractivity contribution in [3.63, 3.8) is 0 Å². The minimum Gasteiger partial charge on any atom is -0.381 e. The summed E-state index contributed by atoms with van der Waals surface area (Å²) in [5, 5.41) is 15.0. The predicted molar refractivity (Wildman–Crippen MR) is 82.5 cm³/mol. The summed E-state index contributed by atoms with van der Waals surface area (Å²) in [7, 11) is 0. The lowest BCUT2D eigenvalue weighted by Crippen LogP contribution is -2.29. The van der Waals surface area contributed by atoms with Gasteiger partial charge in [-0.05, 0) is 37.4 Å². The highest BCUT2D eigenvalue weighted by Crippen LogP contribution is 2.32. The van der Waals surface area contributed by atoms with Crippen LogP contribution in [0.3, 0.4) is 0 Å². The molecule has 0 spiro atoms. The zero-order valence-electron chi connectivity index (χ0n) is 11.5. The molecular formula is C17H19N3. The molecule has 102 valence electrons. The van der Waals surface area contributed by atoms with Gasteiger partial charge in [-0.2, -0.15) is 5.26 Å². The Morgan fingerprint density at radius 1 is 1.15 bits per heavy atom. The monoisotopic (exact) mass is 265 g/mol. The van der Waals surface area contributed by atoms with Crippen LogP contribution in [-0.2, 0) is 0 Å². The Morgan fingerprint density at radius 3 is 2.70 bits per heavy atom. The molecule has 2 aromatic carbocycles. The Labute approximate surface area is 119 Å². The van der Waals surface area contributed by atoms with E-state index >= 15 is 0 Å². The van der Waals surface area contributed by atoms with E-state index in [2.05, 4.69) is 17.5 Å². The molecule has 3 heteroatoms. The average molecular weight is 265 g/mol. The number of hydrogen-bond acceptors (Lipinski definition) is 3. The molecule has 0 radical (unpaired) electrons. The molecule has 3 rings (SSSR count). The smallest absolute Gasteiger partial charge is 0.0998 e. The maximum atomic E-state index is 9.20. The minimum absolute atomic E-state index is 0.455. The summed E-state index contributed by atoms with van der Waals surface area (Å²) in [5.74, 6) is 0.560. The normalized spacial score (nSPS) is 21.8. The van der Waals surface area contributed by atoms with Gasteiger partial charge in [0.15, 0.2) is 0 Å². The standard InChI is InChI=1S/C17H19N3/c18-10-12-8-9-17(15-6-2-1-5-14(12)15)20-16-7-3-4-13(16)11-19/h1-2,5-6,8-9,13,16,20H,3-4,7,11,19H2. The first kappa shape index (κ1) is 13.0. The van der Waals surface area contributed by atoms with Gasteiger partial charge in [0.25, 0.3) is 0 Å². The molecule has 2 unspecified atom stereocenters. The molecule has 1 fully saturated rings. The topological polar surface area (TPSA) is 61.8 Å². The zero-order valence-corrected chi connectivity index (χ0v) is 11.5. The maximum absolute atomic E-state index is 9.20. The van der Waals surface area contributed by atoms with Gasteiger partial charge in [-0.25, -0.2) is 0 Å². The summed E-state index contributed by atoms with van der Waals surface area (Å²) in [6.07, 6.45) is 3.63. The highest BCUT2D eigenvalue weighted by Gasteiger charge is 2.26. The third-order valence-electron chi connectivity index (χ3n) is 4.35. The fraction of sp³-hybridized carbons (Fsp3) is 0.353. The number of rotatable bonds is 3. The molecular weight excluding hydrogens is 246 g/mol. The van der Waals surface area contributed by atoms with Gasteiger partial charge >= 0.3 is 0 Å². The van der Waals surface area contributed by atoms with Crippen LogP contribution in [0.25, 0.3) is 10.8 Å². The number of benzene rings is 2. The number of anilines is 1. The van der Waals surface area contributed by atoms with Crippen molar-refractivity contribution in [1.29, 1.82) is 5.26 Å². The Kier molecular flexibility index (Phi) is 3.58. The Bertz CT molecular complexity index is 657.